The molecule has 2 amide bonds. The van der Waals surface area contributed by atoms with Crippen LogP contribution in [0.5, 0.6) is 11.6 Å². The van der Waals surface area contributed by atoms with Gasteiger partial charge in [0, 0.05) is 49.5 Å². The van der Waals surface area contributed by atoms with E-state index in [-0.39, 0.29) is 11.8 Å². The van der Waals surface area contributed by atoms with Gasteiger partial charge >= 0.3 is 6.09 Å². The first-order chi connectivity index (χ1) is 18.6. The Morgan fingerprint density at radius 1 is 0.949 bits per heavy atom. The predicted molar refractivity (Wildman–Crippen MR) is 146 cm³/mol. The molecule has 1 fully saturated rings. The summed E-state index contributed by atoms with van der Waals surface area (Å²) in [6.45, 7) is 8.65. The number of benzene rings is 2. The van der Waals surface area contributed by atoms with Crippen molar-refractivity contribution in [1.29, 1.82) is 0 Å². The Balaban J connectivity index is 1.56. The van der Waals surface area contributed by atoms with Crippen molar-refractivity contribution in [3.8, 4) is 17.3 Å². The maximum atomic E-state index is 14.2. The minimum atomic E-state index is -0.599. The van der Waals surface area contributed by atoms with E-state index in [4.69, 9.17) is 9.47 Å². The first-order valence-electron chi connectivity index (χ1n) is 12.9. The molecule has 1 aliphatic rings. The average Bonchev–Trinajstić information content (AvgIpc) is 3.23. The van der Waals surface area contributed by atoms with Gasteiger partial charge in [-0.05, 0) is 57.5 Å². The Morgan fingerprint density at radius 3 is 2.33 bits per heavy atom. The molecule has 0 aliphatic carbocycles. The summed E-state index contributed by atoms with van der Waals surface area (Å²) in [4.78, 5) is 34.3. The fourth-order valence-electron chi connectivity index (χ4n) is 4.61. The van der Waals surface area contributed by atoms with E-state index in [1.807, 2.05) is 62.6 Å². The lowest BCUT2D eigenvalue weighted by Gasteiger charge is -2.35. The largest absolute Gasteiger partial charge is 0.444 e. The Bertz CT molecular complexity index is 1520. The standard InChI is InChI=1S/C30H31FN4O4/c1-20-10-11-21(31)18-25(20)38-28-26(23-12-13-32-19-24(23)35(28)22-8-6-5-7-9-22)27(36)33-14-16-34(17-15-33)29(37)39-30(2,3)4/h5-13,18-19H,14-17H2,1-4H3. The molecule has 0 bridgehead atoms. The van der Waals surface area contributed by atoms with Gasteiger partial charge in [-0.1, -0.05) is 24.3 Å². The van der Waals surface area contributed by atoms with Crippen molar-refractivity contribution in [1.82, 2.24) is 19.4 Å². The normalized spacial score (nSPS) is 14.0. The molecular formula is C30H31FN4O4. The molecule has 2 aromatic heterocycles. The van der Waals surface area contributed by atoms with Gasteiger partial charge in [-0.15, -0.1) is 0 Å². The Morgan fingerprint density at radius 2 is 1.64 bits per heavy atom. The quantitative estimate of drug-likeness (QED) is 0.326. The zero-order valence-electron chi connectivity index (χ0n) is 22.5. The van der Waals surface area contributed by atoms with E-state index in [0.717, 1.165) is 11.3 Å². The zero-order chi connectivity index (χ0) is 27.7. The van der Waals surface area contributed by atoms with Crippen LogP contribution in [0, 0.1) is 12.7 Å². The second-order valence-corrected chi connectivity index (χ2v) is 10.5. The lowest BCUT2D eigenvalue weighted by molar-refractivity contribution is 0.0140. The number of amides is 2. The van der Waals surface area contributed by atoms with E-state index < -0.39 is 17.5 Å². The minimum absolute atomic E-state index is 0.242. The molecule has 0 saturated carbocycles. The maximum absolute atomic E-state index is 14.2. The van der Waals surface area contributed by atoms with E-state index in [9.17, 15) is 14.0 Å². The van der Waals surface area contributed by atoms with Crippen LogP contribution in [0.25, 0.3) is 16.6 Å². The molecule has 3 heterocycles. The highest BCUT2D eigenvalue weighted by molar-refractivity contribution is 6.10. The van der Waals surface area contributed by atoms with Crippen LogP contribution in [0.4, 0.5) is 9.18 Å². The van der Waals surface area contributed by atoms with Crippen LogP contribution in [-0.2, 0) is 4.74 Å². The van der Waals surface area contributed by atoms with Crippen molar-refractivity contribution < 1.29 is 23.5 Å². The summed E-state index contributed by atoms with van der Waals surface area (Å²) in [5, 5.41) is 0.664. The lowest BCUT2D eigenvalue weighted by Crippen LogP contribution is -2.51. The SMILES string of the molecule is Cc1ccc(F)cc1Oc1c(C(=O)N2CCN(C(=O)OC(C)(C)C)CC2)c2ccncc2n1-c1ccccc1. The molecule has 0 radical (unpaired) electrons. The average molecular weight is 531 g/mol. The molecule has 9 heteroatoms. The molecule has 1 aliphatic heterocycles. The van der Waals surface area contributed by atoms with Crippen LogP contribution < -0.4 is 4.74 Å². The highest BCUT2D eigenvalue weighted by Gasteiger charge is 2.33. The van der Waals surface area contributed by atoms with Gasteiger partial charge in [-0.25, -0.2) is 9.18 Å². The second-order valence-electron chi connectivity index (χ2n) is 10.5. The van der Waals surface area contributed by atoms with Crippen molar-refractivity contribution in [2.24, 2.45) is 0 Å². The highest BCUT2D eigenvalue weighted by Crippen LogP contribution is 2.39. The molecule has 0 atom stereocenters. The van der Waals surface area contributed by atoms with Gasteiger partial charge in [-0.2, -0.15) is 0 Å². The number of pyridine rings is 1. The van der Waals surface area contributed by atoms with Gasteiger partial charge in [-0.3, -0.25) is 14.3 Å². The molecule has 39 heavy (non-hydrogen) atoms. The second kappa shape index (κ2) is 10.4. The van der Waals surface area contributed by atoms with Crippen molar-refractivity contribution in [2.45, 2.75) is 33.3 Å². The molecular weight excluding hydrogens is 499 g/mol. The van der Waals surface area contributed by atoms with Crippen LogP contribution in [0.15, 0.2) is 67.0 Å². The van der Waals surface area contributed by atoms with Gasteiger partial charge in [0.2, 0.25) is 5.88 Å². The van der Waals surface area contributed by atoms with Crippen LogP contribution in [0.3, 0.4) is 0 Å². The summed E-state index contributed by atoms with van der Waals surface area (Å²) >= 11 is 0. The summed E-state index contributed by atoms with van der Waals surface area (Å²) in [5.41, 5.74) is 1.93. The monoisotopic (exact) mass is 530 g/mol. The molecule has 0 unspecified atom stereocenters. The van der Waals surface area contributed by atoms with Crippen LogP contribution in [-0.4, -0.2) is 63.1 Å². The third kappa shape index (κ3) is 5.43. The number of fused-ring (bicyclic) bond motifs is 1. The summed E-state index contributed by atoms with van der Waals surface area (Å²) in [7, 11) is 0. The lowest BCUT2D eigenvalue weighted by atomic mass is 10.1. The Labute approximate surface area is 226 Å². The minimum Gasteiger partial charge on any atom is -0.444 e. The number of carbonyl (C=O) groups excluding carboxylic acids is 2. The number of rotatable bonds is 4. The van der Waals surface area contributed by atoms with Crippen LogP contribution in [0.2, 0.25) is 0 Å². The number of para-hydroxylation sites is 1. The summed E-state index contributed by atoms with van der Waals surface area (Å²) in [6, 6.07) is 15.6. The third-order valence-electron chi connectivity index (χ3n) is 6.53. The predicted octanol–water partition coefficient (Wildman–Crippen LogP) is 5.96. The molecule has 4 aromatic rings. The number of aryl methyl sites for hydroxylation is 1. The number of hydrogen-bond donors (Lipinski definition) is 0. The zero-order valence-corrected chi connectivity index (χ0v) is 22.5. The molecule has 5 rings (SSSR count). The smallest absolute Gasteiger partial charge is 0.410 e. The van der Waals surface area contributed by atoms with Crippen molar-refractivity contribution >= 4 is 22.9 Å². The van der Waals surface area contributed by atoms with Gasteiger partial charge in [0.15, 0.2) is 0 Å². The summed E-state index contributed by atoms with van der Waals surface area (Å²) in [5.74, 6) is -0.0937. The number of nitrogens with zero attached hydrogens (tertiary/aromatic N) is 4. The molecule has 8 nitrogen and oxygen atoms in total. The van der Waals surface area contributed by atoms with Crippen LogP contribution >= 0.6 is 0 Å². The summed E-state index contributed by atoms with van der Waals surface area (Å²) in [6.07, 6.45) is 2.92. The number of carbonyl (C=O) groups is 2. The Hall–Kier alpha value is -4.40. The van der Waals surface area contributed by atoms with Crippen molar-refractivity contribution in [3.63, 3.8) is 0 Å². The number of piperazine rings is 1. The van der Waals surface area contributed by atoms with E-state index in [1.54, 1.807) is 34.3 Å². The van der Waals surface area contributed by atoms with Gasteiger partial charge < -0.3 is 19.3 Å². The molecule has 2 aromatic carbocycles. The third-order valence-corrected chi connectivity index (χ3v) is 6.53. The number of halogens is 1. The molecule has 1 saturated heterocycles. The first kappa shape index (κ1) is 26.2. The summed E-state index contributed by atoms with van der Waals surface area (Å²) < 4.78 is 27.9. The number of hydrogen-bond acceptors (Lipinski definition) is 5. The van der Waals surface area contributed by atoms with Crippen molar-refractivity contribution in [3.05, 3.63) is 83.9 Å². The number of ether oxygens (including phenoxy) is 2. The number of aromatic nitrogens is 2. The van der Waals surface area contributed by atoms with Crippen LogP contribution in [0.1, 0.15) is 36.7 Å². The fourth-order valence-corrected chi connectivity index (χ4v) is 4.61. The highest BCUT2D eigenvalue weighted by atomic mass is 19.1. The molecule has 0 spiro atoms. The van der Waals surface area contributed by atoms with Gasteiger partial charge in [0.1, 0.15) is 22.7 Å². The van der Waals surface area contributed by atoms with Gasteiger partial charge in [0.05, 0.1) is 11.7 Å². The first-order valence-corrected chi connectivity index (χ1v) is 12.9. The maximum Gasteiger partial charge on any atom is 0.410 e. The van der Waals surface area contributed by atoms with Gasteiger partial charge in [0.25, 0.3) is 5.91 Å². The molecule has 0 N–H and O–H groups in total. The van der Waals surface area contributed by atoms with E-state index in [0.29, 0.717) is 48.4 Å². The van der Waals surface area contributed by atoms with E-state index >= 15 is 0 Å². The Kier molecular flexibility index (Phi) is 6.99. The topological polar surface area (TPSA) is 76.9 Å². The molecule has 202 valence electrons. The van der Waals surface area contributed by atoms with E-state index in [1.165, 1.54) is 12.1 Å². The van der Waals surface area contributed by atoms with E-state index in [2.05, 4.69) is 4.98 Å². The van der Waals surface area contributed by atoms with Crippen molar-refractivity contribution in [2.75, 3.05) is 26.2 Å². The fraction of sp³-hybridized carbons (Fsp3) is 0.300.